The van der Waals surface area contributed by atoms with Crippen molar-refractivity contribution in [3.8, 4) is 0 Å². The number of likely N-dealkylation sites (N-methyl/N-ethyl adjacent to an activating group) is 1. The summed E-state index contributed by atoms with van der Waals surface area (Å²) < 4.78 is 15.8. The number of ether oxygens (including phenoxy) is 3. The van der Waals surface area contributed by atoms with E-state index in [4.69, 9.17) is 14.2 Å². The first-order chi connectivity index (χ1) is 22.8. The Morgan fingerprint density at radius 3 is 2.10 bits per heavy atom. The lowest BCUT2D eigenvalue weighted by atomic mass is 10.0. The molecule has 0 spiro atoms. The topological polar surface area (TPSA) is 164 Å². The Hall–Kier alpha value is -4.65. The maximum Gasteiger partial charge on any atom is 0.408 e. The van der Waals surface area contributed by atoms with E-state index in [1.54, 1.807) is 20.8 Å². The van der Waals surface area contributed by atoms with E-state index < -0.39 is 47.7 Å². The van der Waals surface area contributed by atoms with Crippen LogP contribution in [0.3, 0.4) is 0 Å². The number of nitrogens with one attached hydrogen (secondary N) is 4. The van der Waals surface area contributed by atoms with Crippen LogP contribution in [0.25, 0.3) is 0 Å². The van der Waals surface area contributed by atoms with Gasteiger partial charge in [-0.1, -0.05) is 74.0 Å². The number of benzene rings is 2. The van der Waals surface area contributed by atoms with Gasteiger partial charge in [-0.25, -0.2) is 14.6 Å². The van der Waals surface area contributed by atoms with Crippen molar-refractivity contribution >= 4 is 30.0 Å². The van der Waals surface area contributed by atoms with Gasteiger partial charge in [0.25, 0.3) is 0 Å². The Kier molecular flexibility index (Phi) is 17.5. The van der Waals surface area contributed by atoms with E-state index in [1.807, 2.05) is 67.6 Å². The second kappa shape index (κ2) is 21.3. The number of hydrogen-bond acceptors (Lipinski definition) is 9. The third kappa shape index (κ3) is 17.9. The maximum absolute atomic E-state index is 13.6. The normalized spacial score (nSPS) is 12.3. The predicted molar refractivity (Wildman–Crippen MR) is 180 cm³/mol. The van der Waals surface area contributed by atoms with E-state index in [0.717, 1.165) is 24.0 Å². The number of alkyl carbamates (subject to hydrolysis) is 2. The lowest BCUT2D eigenvalue weighted by Gasteiger charge is -2.26. The van der Waals surface area contributed by atoms with Crippen molar-refractivity contribution in [2.24, 2.45) is 0 Å². The molecular weight excluding hydrogens is 618 g/mol. The molecule has 0 aromatic heterocycles. The summed E-state index contributed by atoms with van der Waals surface area (Å²) >= 11 is 0. The lowest BCUT2D eigenvalue weighted by Crippen LogP contribution is -2.53. The molecule has 264 valence electrons. The number of esters is 1. The fourth-order valence-electron chi connectivity index (χ4n) is 4.44. The highest BCUT2D eigenvalue weighted by Crippen LogP contribution is 2.10. The molecule has 0 aliphatic carbocycles. The molecule has 0 radical (unpaired) electrons. The minimum Gasteiger partial charge on any atom is -0.465 e. The Bertz CT molecular complexity index is 1290. The average Bonchev–Trinajstić information content (AvgIpc) is 3.01. The molecule has 48 heavy (non-hydrogen) atoms. The van der Waals surface area contributed by atoms with E-state index in [0.29, 0.717) is 19.4 Å². The summed E-state index contributed by atoms with van der Waals surface area (Å²) in [6, 6.07) is 16.8. The fraction of sp³-hybridized carbons (Fsp3) is 0.514. The fourth-order valence-corrected chi connectivity index (χ4v) is 4.44. The molecule has 4 amide bonds. The number of nitrogens with zero attached hydrogens (tertiary/aromatic N) is 1. The van der Waals surface area contributed by atoms with Gasteiger partial charge in [-0.3, -0.25) is 19.8 Å². The van der Waals surface area contributed by atoms with Crippen LogP contribution >= 0.6 is 0 Å². The van der Waals surface area contributed by atoms with Gasteiger partial charge in [-0.2, -0.15) is 0 Å². The first-order valence-corrected chi connectivity index (χ1v) is 16.3. The highest BCUT2D eigenvalue weighted by Gasteiger charge is 2.27. The van der Waals surface area contributed by atoms with Gasteiger partial charge in [-0.05, 0) is 51.2 Å². The summed E-state index contributed by atoms with van der Waals surface area (Å²) in [5.74, 6) is -1.43. The highest BCUT2D eigenvalue weighted by atomic mass is 16.6. The highest BCUT2D eigenvalue weighted by molar-refractivity contribution is 5.87. The van der Waals surface area contributed by atoms with E-state index >= 15 is 0 Å². The van der Waals surface area contributed by atoms with Crippen LogP contribution in [0.1, 0.15) is 70.9 Å². The number of hydrazine groups is 1. The molecule has 2 aromatic rings. The van der Waals surface area contributed by atoms with Crippen LogP contribution in [0.4, 0.5) is 9.59 Å². The van der Waals surface area contributed by atoms with Gasteiger partial charge in [0.05, 0.1) is 6.61 Å². The molecule has 2 atom stereocenters. The van der Waals surface area contributed by atoms with Crippen molar-refractivity contribution in [3.05, 3.63) is 71.8 Å². The summed E-state index contributed by atoms with van der Waals surface area (Å²) in [6.45, 7) is 7.66. The number of carbonyl (C=O) groups excluding carboxylic acids is 5. The summed E-state index contributed by atoms with van der Waals surface area (Å²) in [5.41, 5.74) is 3.53. The van der Waals surface area contributed by atoms with Crippen LogP contribution in [0, 0.1) is 0 Å². The molecule has 0 bridgehead atoms. The van der Waals surface area contributed by atoms with Gasteiger partial charge in [-0.15, -0.1) is 0 Å². The van der Waals surface area contributed by atoms with Crippen LogP contribution < -0.4 is 21.4 Å². The molecular formula is C35H51N5O8. The van der Waals surface area contributed by atoms with Crippen molar-refractivity contribution in [3.63, 3.8) is 0 Å². The van der Waals surface area contributed by atoms with Gasteiger partial charge in [0, 0.05) is 32.5 Å². The Balaban J connectivity index is 2.06. The number of unbranched alkanes of at least 4 members (excludes halogenated alkanes) is 1. The molecule has 2 rings (SSSR count). The quantitative estimate of drug-likeness (QED) is 0.0749. The zero-order chi connectivity index (χ0) is 35.4. The van der Waals surface area contributed by atoms with Gasteiger partial charge < -0.3 is 30.2 Å². The van der Waals surface area contributed by atoms with Crippen LogP contribution in [-0.4, -0.2) is 79.4 Å². The molecule has 0 saturated heterocycles. The molecule has 13 nitrogen and oxygen atoms in total. The average molecular weight is 670 g/mol. The van der Waals surface area contributed by atoms with Crippen molar-refractivity contribution < 1.29 is 38.2 Å². The van der Waals surface area contributed by atoms with Gasteiger partial charge in [0.1, 0.15) is 24.8 Å². The molecule has 0 aliphatic rings. The molecule has 0 aliphatic heterocycles. The first kappa shape index (κ1) is 39.5. The second-order valence-electron chi connectivity index (χ2n) is 12.4. The Labute approximate surface area is 283 Å². The van der Waals surface area contributed by atoms with Crippen molar-refractivity contribution in [1.82, 2.24) is 26.4 Å². The summed E-state index contributed by atoms with van der Waals surface area (Å²) in [7, 11) is 1.54. The SMILES string of the molecule is CCCCOC(=O)CN(C)NC(=O)C[C@H](CCCNC(=O)OCc1ccccc1)NC(=O)[C@H](Cc1ccccc1)NC(=O)OC(C)(C)C. The number of hydrogen-bond donors (Lipinski definition) is 4. The zero-order valence-electron chi connectivity index (χ0n) is 28.7. The van der Waals surface area contributed by atoms with Crippen LogP contribution in [0.15, 0.2) is 60.7 Å². The predicted octanol–water partition coefficient (Wildman–Crippen LogP) is 4.01. The minimum atomic E-state index is -1.00. The monoisotopic (exact) mass is 669 g/mol. The summed E-state index contributed by atoms with van der Waals surface area (Å²) in [4.78, 5) is 63.6. The molecule has 4 N–H and O–H groups in total. The molecule has 2 aromatic carbocycles. The Morgan fingerprint density at radius 2 is 1.48 bits per heavy atom. The summed E-state index contributed by atoms with van der Waals surface area (Å²) in [6.07, 6.45) is 1.06. The number of amides is 4. The first-order valence-electron chi connectivity index (χ1n) is 16.3. The minimum absolute atomic E-state index is 0.124. The molecule has 0 saturated carbocycles. The number of carbonyl (C=O) groups is 5. The molecule has 0 unspecified atom stereocenters. The largest absolute Gasteiger partial charge is 0.465 e. The van der Waals surface area contributed by atoms with E-state index in [-0.39, 0.29) is 32.5 Å². The smallest absolute Gasteiger partial charge is 0.408 e. The van der Waals surface area contributed by atoms with E-state index in [9.17, 15) is 24.0 Å². The lowest BCUT2D eigenvalue weighted by molar-refractivity contribution is -0.146. The van der Waals surface area contributed by atoms with Gasteiger partial charge >= 0.3 is 18.2 Å². The molecule has 0 heterocycles. The van der Waals surface area contributed by atoms with Crippen molar-refractivity contribution in [2.75, 3.05) is 26.7 Å². The Morgan fingerprint density at radius 1 is 0.833 bits per heavy atom. The van der Waals surface area contributed by atoms with E-state index in [2.05, 4.69) is 21.4 Å². The van der Waals surface area contributed by atoms with Crippen LogP contribution in [-0.2, 0) is 41.6 Å². The van der Waals surface area contributed by atoms with Crippen LogP contribution in [0.2, 0.25) is 0 Å². The third-order valence-electron chi connectivity index (χ3n) is 6.72. The summed E-state index contributed by atoms with van der Waals surface area (Å²) in [5, 5.41) is 9.56. The van der Waals surface area contributed by atoms with Gasteiger partial charge in [0.2, 0.25) is 11.8 Å². The van der Waals surface area contributed by atoms with Gasteiger partial charge in [0.15, 0.2) is 0 Å². The zero-order valence-corrected chi connectivity index (χ0v) is 28.7. The maximum atomic E-state index is 13.6. The van der Waals surface area contributed by atoms with Crippen molar-refractivity contribution in [1.29, 1.82) is 0 Å². The number of rotatable bonds is 19. The third-order valence-corrected chi connectivity index (χ3v) is 6.72. The second-order valence-corrected chi connectivity index (χ2v) is 12.4. The van der Waals surface area contributed by atoms with Crippen LogP contribution in [0.5, 0.6) is 0 Å². The molecule has 0 fully saturated rings. The van der Waals surface area contributed by atoms with Crippen molar-refractivity contribution in [2.45, 2.75) is 90.5 Å². The standard InChI is InChI=1S/C35H51N5O8/c1-6-7-21-46-31(42)24-40(5)39-30(41)23-28(19-14-20-36-33(44)47-25-27-17-12-9-13-18-27)37-32(43)29(22-26-15-10-8-11-16-26)38-34(45)48-35(2,3)4/h8-13,15-18,28-29H,6-7,14,19-25H2,1-5H3,(H,36,44)(H,37,43)(H,38,45)(H,39,41)/t28-,29-/m0/s1. The molecule has 13 heteroatoms. The van der Waals surface area contributed by atoms with E-state index in [1.165, 1.54) is 12.1 Å².